The lowest BCUT2D eigenvalue weighted by atomic mass is 9.89. The Kier molecular flexibility index (Phi) is 3.20. The Morgan fingerprint density at radius 2 is 2.25 bits per heavy atom. The third-order valence-electron chi connectivity index (χ3n) is 3.67. The first-order valence-corrected chi connectivity index (χ1v) is 6.12. The molecule has 2 heteroatoms. The van der Waals surface area contributed by atoms with Crippen molar-refractivity contribution in [3.8, 4) is 5.75 Å². The molecule has 1 N–H and O–H groups in total. The van der Waals surface area contributed by atoms with Crippen LogP contribution in [-0.4, -0.2) is 13.7 Å². The zero-order valence-electron chi connectivity index (χ0n) is 10.5. The van der Waals surface area contributed by atoms with Crippen LogP contribution in [0.15, 0.2) is 18.2 Å². The summed E-state index contributed by atoms with van der Waals surface area (Å²) in [6, 6.07) is 6.58. The average molecular weight is 219 g/mol. The van der Waals surface area contributed by atoms with Crippen molar-refractivity contribution in [2.75, 3.05) is 13.7 Å². The Morgan fingerprint density at radius 3 is 2.81 bits per heavy atom. The lowest BCUT2D eigenvalue weighted by Crippen LogP contribution is -2.33. The van der Waals surface area contributed by atoms with Crippen molar-refractivity contribution in [1.82, 2.24) is 5.32 Å². The van der Waals surface area contributed by atoms with E-state index in [2.05, 4.69) is 37.4 Å². The molecule has 16 heavy (non-hydrogen) atoms. The lowest BCUT2D eigenvalue weighted by Gasteiger charge is -2.26. The molecule has 88 valence electrons. The predicted octanol–water partition coefficient (Wildman–Crippen LogP) is 2.86. The maximum atomic E-state index is 5.37. The Bertz CT molecular complexity index is 367. The summed E-state index contributed by atoms with van der Waals surface area (Å²) in [5.41, 5.74) is 2.86. The fourth-order valence-electron chi connectivity index (χ4n) is 2.54. The van der Waals surface area contributed by atoms with Gasteiger partial charge < -0.3 is 10.1 Å². The Morgan fingerprint density at radius 1 is 1.44 bits per heavy atom. The highest BCUT2D eigenvalue weighted by Crippen LogP contribution is 2.33. The van der Waals surface area contributed by atoms with E-state index in [4.69, 9.17) is 4.74 Å². The fourth-order valence-corrected chi connectivity index (χ4v) is 2.54. The van der Waals surface area contributed by atoms with Crippen molar-refractivity contribution >= 4 is 0 Å². The van der Waals surface area contributed by atoms with Gasteiger partial charge in [-0.25, -0.2) is 0 Å². The quantitative estimate of drug-likeness (QED) is 0.844. The van der Waals surface area contributed by atoms with Gasteiger partial charge >= 0.3 is 0 Å². The van der Waals surface area contributed by atoms with Gasteiger partial charge in [-0.2, -0.15) is 0 Å². The van der Waals surface area contributed by atoms with Gasteiger partial charge in [0.1, 0.15) is 5.75 Å². The molecule has 2 rings (SSSR count). The number of hydrogen-bond donors (Lipinski definition) is 1. The van der Waals surface area contributed by atoms with Gasteiger partial charge in [-0.3, -0.25) is 0 Å². The van der Waals surface area contributed by atoms with Gasteiger partial charge in [0.25, 0.3) is 0 Å². The smallest absolute Gasteiger partial charge is 0.122 e. The third kappa shape index (κ3) is 1.94. The maximum Gasteiger partial charge on any atom is 0.122 e. The van der Waals surface area contributed by atoms with Crippen LogP contribution in [0.3, 0.4) is 0 Å². The monoisotopic (exact) mass is 219 g/mol. The summed E-state index contributed by atoms with van der Waals surface area (Å²) in [5, 5.41) is 3.60. The van der Waals surface area contributed by atoms with Crippen LogP contribution in [-0.2, 0) is 12.0 Å². The molecule has 1 aliphatic rings. The molecule has 1 heterocycles. The summed E-state index contributed by atoms with van der Waals surface area (Å²) in [4.78, 5) is 0. The van der Waals surface area contributed by atoms with Crippen molar-refractivity contribution < 1.29 is 4.74 Å². The van der Waals surface area contributed by atoms with E-state index < -0.39 is 0 Å². The Labute approximate surface area is 98.0 Å². The van der Waals surface area contributed by atoms with Crippen LogP contribution in [0.25, 0.3) is 0 Å². The minimum atomic E-state index is 0.163. The van der Waals surface area contributed by atoms with Gasteiger partial charge in [-0.1, -0.05) is 19.1 Å². The first-order chi connectivity index (χ1) is 7.69. The second kappa shape index (κ2) is 4.46. The van der Waals surface area contributed by atoms with Crippen molar-refractivity contribution in [3.63, 3.8) is 0 Å². The molecule has 0 aromatic heterocycles. The van der Waals surface area contributed by atoms with Crippen LogP contribution >= 0.6 is 0 Å². The first-order valence-electron chi connectivity index (χ1n) is 6.12. The van der Waals surface area contributed by atoms with Gasteiger partial charge in [-0.15, -0.1) is 0 Å². The maximum absolute atomic E-state index is 5.37. The van der Waals surface area contributed by atoms with Crippen LogP contribution in [0.4, 0.5) is 0 Å². The van der Waals surface area contributed by atoms with Gasteiger partial charge in [0, 0.05) is 5.54 Å². The summed E-state index contributed by atoms with van der Waals surface area (Å²) in [7, 11) is 1.74. The summed E-state index contributed by atoms with van der Waals surface area (Å²) < 4.78 is 5.37. The van der Waals surface area contributed by atoms with Crippen LogP contribution in [0.2, 0.25) is 0 Å². The van der Waals surface area contributed by atoms with E-state index in [0.29, 0.717) is 0 Å². The second-order valence-corrected chi connectivity index (χ2v) is 4.74. The molecule has 1 aromatic rings. The van der Waals surface area contributed by atoms with Crippen molar-refractivity contribution in [2.24, 2.45) is 0 Å². The molecule has 0 radical (unpaired) electrons. The van der Waals surface area contributed by atoms with E-state index in [0.717, 1.165) is 18.7 Å². The summed E-state index contributed by atoms with van der Waals surface area (Å²) in [5.74, 6) is 1.01. The second-order valence-electron chi connectivity index (χ2n) is 4.74. The van der Waals surface area contributed by atoms with Gasteiger partial charge in [0.2, 0.25) is 0 Å². The molecule has 2 nitrogen and oxygen atoms in total. The van der Waals surface area contributed by atoms with Crippen LogP contribution in [0.5, 0.6) is 5.75 Å². The normalized spacial score (nSPS) is 24.7. The number of methoxy groups -OCH3 is 1. The summed E-state index contributed by atoms with van der Waals surface area (Å²) >= 11 is 0. The molecule has 1 unspecified atom stereocenters. The molecular formula is C14H21NO. The topological polar surface area (TPSA) is 21.3 Å². The predicted molar refractivity (Wildman–Crippen MR) is 67.0 cm³/mol. The van der Waals surface area contributed by atoms with Crippen molar-refractivity contribution in [1.29, 1.82) is 0 Å². The Balaban J connectivity index is 2.35. The number of nitrogens with one attached hydrogen (secondary N) is 1. The van der Waals surface area contributed by atoms with E-state index in [1.165, 1.54) is 24.0 Å². The molecule has 0 aliphatic carbocycles. The highest BCUT2D eigenvalue weighted by atomic mass is 16.5. The average Bonchev–Trinajstić information content (AvgIpc) is 2.76. The zero-order chi connectivity index (χ0) is 11.6. The standard InChI is InChI=1S/C14H21NO/c1-4-11-10-12(6-7-13(11)16-3)14(2)8-5-9-15-14/h6-7,10,15H,4-5,8-9H2,1-3H3. The SMILES string of the molecule is CCc1cc(C2(C)CCCN2)ccc1OC. The molecule has 1 saturated heterocycles. The summed E-state index contributed by atoms with van der Waals surface area (Å²) in [6.45, 7) is 5.59. The number of aryl methyl sites for hydroxylation is 1. The van der Waals surface area contributed by atoms with Gasteiger partial charge in [0.15, 0.2) is 0 Å². The summed E-state index contributed by atoms with van der Waals surface area (Å²) in [6.07, 6.45) is 3.51. The molecule has 1 fully saturated rings. The van der Waals surface area contributed by atoms with Crippen molar-refractivity contribution in [2.45, 2.75) is 38.6 Å². The van der Waals surface area contributed by atoms with Crippen molar-refractivity contribution in [3.05, 3.63) is 29.3 Å². The Hall–Kier alpha value is -1.02. The number of ether oxygens (including phenoxy) is 1. The lowest BCUT2D eigenvalue weighted by molar-refractivity contribution is 0.406. The molecule has 0 bridgehead atoms. The highest BCUT2D eigenvalue weighted by Gasteiger charge is 2.30. The largest absolute Gasteiger partial charge is 0.496 e. The minimum absolute atomic E-state index is 0.163. The molecular weight excluding hydrogens is 198 g/mol. The van der Waals surface area contributed by atoms with E-state index >= 15 is 0 Å². The molecule has 0 spiro atoms. The third-order valence-corrected chi connectivity index (χ3v) is 3.67. The van der Waals surface area contributed by atoms with Gasteiger partial charge in [-0.05, 0) is 49.9 Å². The molecule has 1 atom stereocenters. The number of rotatable bonds is 3. The fraction of sp³-hybridized carbons (Fsp3) is 0.571. The number of benzene rings is 1. The molecule has 0 saturated carbocycles. The van der Waals surface area contributed by atoms with Gasteiger partial charge in [0.05, 0.1) is 7.11 Å². The zero-order valence-corrected chi connectivity index (χ0v) is 10.5. The molecule has 0 amide bonds. The molecule has 1 aromatic carbocycles. The van der Waals surface area contributed by atoms with Crippen LogP contribution in [0.1, 0.15) is 37.8 Å². The van der Waals surface area contributed by atoms with E-state index in [-0.39, 0.29) is 5.54 Å². The number of hydrogen-bond acceptors (Lipinski definition) is 2. The highest BCUT2D eigenvalue weighted by molar-refractivity contribution is 5.40. The van der Waals surface area contributed by atoms with E-state index in [9.17, 15) is 0 Å². The first kappa shape index (κ1) is 11.5. The van der Waals surface area contributed by atoms with Crippen LogP contribution < -0.4 is 10.1 Å². The van der Waals surface area contributed by atoms with E-state index in [1.807, 2.05) is 0 Å². The van der Waals surface area contributed by atoms with Crippen LogP contribution in [0, 0.1) is 0 Å². The van der Waals surface area contributed by atoms with E-state index in [1.54, 1.807) is 7.11 Å². The molecule has 1 aliphatic heterocycles. The minimum Gasteiger partial charge on any atom is -0.496 e.